The highest BCUT2D eigenvalue weighted by atomic mass is 14.8. The minimum Gasteiger partial charge on any atom is -0.355 e. The lowest BCUT2D eigenvalue weighted by molar-refractivity contribution is 0.441. The van der Waals surface area contributed by atoms with E-state index in [1.54, 1.807) is 22.3 Å². The van der Waals surface area contributed by atoms with Crippen LogP contribution >= 0.6 is 0 Å². The highest BCUT2D eigenvalue weighted by Gasteiger charge is 2.28. The standard InChI is InChI=1S/C48H64N4/c1-29-37-25-42-46(34-19-11-6-12-20-34)31(3)39(50-42)27-44-48(36-23-15-8-16-24-36)32(4)40(52-44)28-43-47(35-21-13-7-14-22-35)30(2)38(51-43)26-41(49-37)45(29)33-17-9-5-10-18-33/h25-28,33-36,49-52H,5-24H2,1-4H3. The lowest BCUT2D eigenvalue weighted by atomic mass is 9.81. The third-order valence-electron chi connectivity index (χ3n) is 14.7. The summed E-state index contributed by atoms with van der Waals surface area (Å²) >= 11 is 0. The fourth-order valence-electron chi connectivity index (χ4n) is 11.9. The Kier molecular flexibility index (Phi) is 9.55. The summed E-state index contributed by atoms with van der Waals surface area (Å²) in [6.45, 7) is 9.64. The third-order valence-corrected chi connectivity index (χ3v) is 14.7. The molecule has 1 aliphatic heterocycles. The molecule has 4 aliphatic carbocycles. The van der Waals surface area contributed by atoms with Crippen LogP contribution in [-0.2, 0) is 0 Å². The van der Waals surface area contributed by atoms with Gasteiger partial charge in [0.15, 0.2) is 0 Å². The molecule has 0 aromatic carbocycles. The minimum atomic E-state index is 0.629. The lowest BCUT2D eigenvalue weighted by Gasteiger charge is -2.23. The number of aromatic amines is 4. The number of hydrogen-bond donors (Lipinski definition) is 4. The highest BCUT2D eigenvalue weighted by Crippen LogP contribution is 2.40. The van der Waals surface area contributed by atoms with Gasteiger partial charge in [-0.25, -0.2) is 0 Å². The van der Waals surface area contributed by atoms with Gasteiger partial charge in [0.25, 0.3) is 0 Å². The van der Waals surface area contributed by atoms with Crippen molar-refractivity contribution >= 4 is 24.3 Å². The van der Waals surface area contributed by atoms with E-state index >= 15 is 0 Å². The molecule has 4 N–H and O–H groups in total. The Morgan fingerprint density at radius 3 is 0.923 bits per heavy atom. The predicted molar refractivity (Wildman–Crippen MR) is 218 cm³/mol. The van der Waals surface area contributed by atoms with Gasteiger partial charge in [-0.15, -0.1) is 0 Å². The Morgan fingerprint density at radius 2 is 0.596 bits per heavy atom. The molecular formula is C48H64N4. The maximum Gasteiger partial charge on any atom is 0.0444 e. The van der Waals surface area contributed by atoms with Gasteiger partial charge >= 0.3 is 0 Å². The number of fused-ring (bicyclic) bond motifs is 8. The molecule has 9 rings (SSSR count). The summed E-state index contributed by atoms with van der Waals surface area (Å²) in [5.41, 5.74) is 17.4. The van der Waals surface area contributed by atoms with Crippen molar-refractivity contribution in [3.8, 4) is 0 Å². The van der Waals surface area contributed by atoms with Crippen LogP contribution in [0.3, 0.4) is 0 Å². The monoisotopic (exact) mass is 697 g/mol. The first-order valence-corrected chi connectivity index (χ1v) is 21.7. The molecule has 5 heterocycles. The van der Waals surface area contributed by atoms with Crippen LogP contribution in [0.2, 0.25) is 0 Å². The van der Waals surface area contributed by atoms with Gasteiger partial charge in [0.2, 0.25) is 0 Å². The summed E-state index contributed by atoms with van der Waals surface area (Å²) in [5, 5.41) is 5.27. The average molecular weight is 697 g/mol. The zero-order valence-electron chi connectivity index (χ0n) is 32.8. The van der Waals surface area contributed by atoms with Gasteiger partial charge in [0.1, 0.15) is 0 Å². The maximum atomic E-state index is 4.09. The number of rotatable bonds is 4. The zero-order valence-corrected chi connectivity index (χ0v) is 32.8. The van der Waals surface area contributed by atoms with Gasteiger partial charge in [0.05, 0.1) is 0 Å². The Labute approximate surface area is 311 Å². The van der Waals surface area contributed by atoms with Crippen molar-refractivity contribution in [1.82, 2.24) is 19.9 Å². The molecule has 4 fully saturated rings. The fraction of sp³-hybridized carbons (Fsp3) is 0.583. The van der Waals surface area contributed by atoms with E-state index in [1.807, 2.05) is 0 Å². The second-order valence-electron chi connectivity index (χ2n) is 17.9. The van der Waals surface area contributed by atoms with Gasteiger partial charge in [0, 0.05) is 44.2 Å². The minimum absolute atomic E-state index is 0.629. The first-order chi connectivity index (χ1) is 25.4. The van der Waals surface area contributed by atoms with E-state index in [-0.39, 0.29) is 0 Å². The van der Waals surface area contributed by atoms with Crippen LogP contribution in [0.4, 0.5) is 0 Å². The SMILES string of the molecule is Cc1c2[nH]c(c1C1CCCCC1)C=c1[nH]c(c(C3CCCCC3)c1C)=Cc1[nH]c(c(C3CCCCC3)c1C)C=c1[nH]c(c(C3CCCCC3)c1C)=C2. The predicted octanol–water partition coefficient (Wildman–Crippen LogP) is 10.1. The van der Waals surface area contributed by atoms with Crippen molar-refractivity contribution < 1.29 is 0 Å². The molecule has 0 amide bonds. The van der Waals surface area contributed by atoms with Crippen molar-refractivity contribution in [2.75, 3.05) is 0 Å². The van der Waals surface area contributed by atoms with Gasteiger partial charge in [-0.2, -0.15) is 0 Å². The van der Waals surface area contributed by atoms with E-state index in [4.69, 9.17) is 0 Å². The summed E-state index contributed by atoms with van der Waals surface area (Å²) in [5.74, 6) is 2.52. The van der Waals surface area contributed by atoms with Gasteiger partial charge < -0.3 is 19.9 Å². The quantitative estimate of drug-likeness (QED) is 0.145. The van der Waals surface area contributed by atoms with Crippen LogP contribution in [-0.4, -0.2) is 19.9 Å². The average Bonchev–Trinajstić information content (AvgIpc) is 3.86. The van der Waals surface area contributed by atoms with E-state index < -0.39 is 0 Å². The molecule has 0 unspecified atom stereocenters. The van der Waals surface area contributed by atoms with E-state index in [0.717, 1.165) is 0 Å². The highest BCUT2D eigenvalue weighted by molar-refractivity contribution is 5.66. The molecule has 8 bridgehead atoms. The maximum absolute atomic E-state index is 4.09. The second-order valence-corrected chi connectivity index (χ2v) is 17.9. The van der Waals surface area contributed by atoms with Gasteiger partial charge in [-0.3, -0.25) is 0 Å². The molecule has 0 radical (unpaired) electrons. The molecular weight excluding hydrogens is 633 g/mol. The molecule has 0 saturated heterocycles. The largest absolute Gasteiger partial charge is 0.355 e. The molecule has 4 heteroatoms. The van der Waals surface area contributed by atoms with Gasteiger partial charge in [-0.1, -0.05) is 77.0 Å². The van der Waals surface area contributed by atoms with Crippen LogP contribution in [0.5, 0.6) is 0 Å². The second kappa shape index (κ2) is 14.4. The van der Waals surface area contributed by atoms with Crippen molar-refractivity contribution in [2.45, 2.75) is 180 Å². The first kappa shape index (κ1) is 34.4. The molecule has 52 heavy (non-hydrogen) atoms. The Balaban J connectivity index is 1.35. The molecule has 0 spiro atoms. The zero-order chi connectivity index (χ0) is 35.3. The normalized spacial score (nSPS) is 21.0. The third kappa shape index (κ3) is 6.24. The smallest absolute Gasteiger partial charge is 0.0444 e. The Morgan fingerprint density at radius 1 is 0.308 bits per heavy atom. The molecule has 4 aromatic heterocycles. The van der Waals surface area contributed by atoms with Gasteiger partial charge in [-0.05, 0) is 172 Å². The summed E-state index contributed by atoms with van der Waals surface area (Å²) in [4.78, 5) is 16.3. The summed E-state index contributed by atoms with van der Waals surface area (Å²) in [6.07, 6.45) is 36.8. The van der Waals surface area contributed by atoms with Crippen molar-refractivity contribution in [3.63, 3.8) is 0 Å². The molecule has 4 saturated carbocycles. The Bertz CT molecular complexity index is 2010. The topological polar surface area (TPSA) is 63.2 Å². The molecule has 5 aliphatic rings. The number of nitrogens with one attached hydrogen (secondary N) is 4. The molecule has 4 nitrogen and oxygen atoms in total. The first-order valence-electron chi connectivity index (χ1n) is 21.7. The van der Waals surface area contributed by atoms with Crippen LogP contribution in [0.15, 0.2) is 0 Å². The molecule has 4 aromatic rings. The van der Waals surface area contributed by atoms with E-state index in [9.17, 15) is 0 Å². The molecule has 276 valence electrons. The number of H-pyrrole nitrogens is 4. The number of aromatic nitrogens is 4. The van der Waals surface area contributed by atoms with Crippen LogP contribution in [0.1, 0.15) is 219 Å². The lowest BCUT2D eigenvalue weighted by Crippen LogP contribution is -2.17. The Hall–Kier alpha value is -3.40. The summed E-state index contributed by atoms with van der Waals surface area (Å²) in [7, 11) is 0. The van der Waals surface area contributed by atoms with E-state index in [1.165, 1.54) is 195 Å². The van der Waals surface area contributed by atoms with Crippen molar-refractivity contribution in [1.29, 1.82) is 0 Å². The van der Waals surface area contributed by atoms with Crippen LogP contribution in [0, 0.1) is 27.7 Å². The molecule has 0 atom stereocenters. The van der Waals surface area contributed by atoms with Crippen LogP contribution in [0.25, 0.3) is 24.3 Å². The van der Waals surface area contributed by atoms with E-state index in [2.05, 4.69) is 71.9 Å². The fourth-order valence-corrected chi connectivity index (χ4v) is 11.9. The number of hydrogen-bond acceptors (Lipinski definition) is 0. The van der Waals surface area contributed by atoms with E-state index in [0.29, 0.717) is 23.7 Å². The van der Waals surface area contributed by atoms with Crippen molar-refractivity contribution in [3.05, 3.63) is 88.7 Å². The summed E-state index contributed by atoms with van der Waals surface area (Å²) in [6, 6.07) is 0. The van der Waals surface area contributed by atoms with Crippen LogP contribution < -0.4 is 21.4 Å². The van der Waals surface area contributed by atoms with Crippen molar-refractivity contribution in [2.24, 2.45) is 0 Å². The summed E-state index contributed by atoms with van der Waals surface area (Å²) < 4.78 is 0.